The van der Waals surface area contributed by atoms with Crippen LogP contribution in [0.4, 0.5) is 0 Å². The number of esters is 1. The van der Waals surface area contributed by atoms with E-state index in [2.05, 4.69) is 0 Å². The summed E-state index contributed by atoms with van der Waals surface area (Å²) in [5, 5.41) is 9.01. The SMILES string of the molecule is COC(C#N)=C[C@H]1[C@@H](C(=O)OCCc2cccc(Oc3ccccc3)c2)C1(C)C. The molecule has 5 nitrogen and oxygen atoms in total. The zero-order valence-corrected chi connectivity index (χ0v) is 16.9. The summed E-state index contributed by atoms with van der Waals surface area (Å²) < 4.78 is 16.4. The van der Waals surface area contributed by atoms with E-state index in [0.717, 1.165) is 17.1 Å². The topological polar surface area (TPSA) is 68.5 Å². The number of ether oxygens (including phenoxy) is 3. The van der Waals surface area contributed by atoms with Gasteiger partial charge >= 0.3 is 5.97 Å². The van der Waals surface area contributed by atoms with E-state index in [9.17, 15) is 4.79 Å². The molecule has 0 saturated heterocycles. The second kappa shape index (κ2) is 8.83. The molecule has 0 bridgehead atoms. The fourth-order valence-corrected chi connectivity index (χ4v) is 3.50. The molecule has 3 rings (SSSR count). The minimum atomic E-state index is -0.256. The van der Waals surface area contributed by atoms with Crippen LogP contribution in [0, 0.1) is 28.6 Å². The average molecular weight is 391 g/mol. The molecule has 29 heavy (non-hydrogen) atoms. The second-order valence-electron chi connectivity index (χ2n) is 7.65. The Balaban J connectivity index is 1.53. The van der Waals surface area contributed by atoms with Crippen LogP contribution in [0.15, 0.2) is 66.4 Å². The molecule has 5 heteroatoms. The van der Waals surface area contributed by atoms with Crippen molar-refractivity contribution in [2.45, 2.75) is 20.3 Å². The molecular weight excluding hydrogens is 366 g/mol. The van der Waals surface area contributed by atoms with Crippen LogP contribution in [-0.4, -0.2) is 19.7 Å². The van der Waals surface area contributed by atoms with Gasteiger partial charge in [-0.15, -0.1) is 0 Å². The molecule has 2 atom stereocenters. The van der Waals surface area contributed by atoms with Crippen LogP contribution < -0.4 is 4.74 Å². The van der Waals surface area contributed by atoms with Gasteiger partial charge in [0.25, 0.3) is 0 Å². The fourth-order valence-electron chi connectivity index (χ4n) is 3.50. The Morgan fingerprint density at radius 2 is 1.86 bits per heavy atom. The van der Waals surface area contributed by atoms with Crippen LogP contribution in [0.5, 0.6) is 11.5 Å². The lowest BCUT2D eigenvalue weighted by Gasteiger charge is -2.09. The smallest absolute Gasteiger partial charge is 0.310 e. The van der Waals surface area contributed by atoms with Crippen molar-refractivity contribution in [2.75, 3.05) is 13.7 Å². The van der Waals surface area contributed by atoms with Gasteiger partial charge in [0.2, 0.25) is 0 Å². The Bertz CT molecular complexity index is 927. The molecule has 1 aliphatic carbocycles. The summed E-state index contributed by atoms with van der Waals surface area (Å²) in [5.41, 5.74) is 0.796. The number of carbonyl (C=O) groups is 1. The Hall–Kier alpha value is -3.26. The van der Waals surface area contributed by atoms with Crippen LogP contribution in [-0.2, 0) is 20.7 Å². The number of methoxy groups -OCH3 is 1. The normalized spacial score (nSPS) is 19.7. The van der Waals surface area contributed by atoms with Gasteiger partial charge in [0.1, 0.15) is 17.6 Å². The van der Waals surface area contributed by atoms with Crippen LogP contribution >= 0.6 is 0 Å². The molecule has 0 aromatic heterocycles. The van der Waals surface area contributed by atoms with E-state index in [0.29, 0.717) is 13.0 Å². The molecule has 1 aliphatic rings. The summed E-state index contributed by atoms with van der Waals surface area (Å²) in [4.78, 5) is 12.5. The summed E-state index contributed by atoms with van der Waals surface area (Å²) in [7, 11) is 1.45. The van der Waals surface area contributed by atoms with Crippen molar-refractivity contribution in [1.82, 2.24) is 0 Å². The van der Waals surface area contributed by atoms with Crippen molar-refractivity contribution < 1.29 is 19.0 Å². The molecule has 0 aliphatic heterocycles. The molecule has 2 aromatic carbocycles. The molecule has 0 unspecified atom stereocenters. The van der Waals surface area contributed by atoms with Crippen LogP contribution in [0.25, 0.3) is 0 Å². The van der Waals surface area contributed by atoms with Gasteiger partial charge in [-0.25, -0.2) is 0 Å². The zero-order chi connectivity index (χ0) is 20.9. The lowest BCUT2D eigenvalue weighted by Crippen LogP contribution is -2.12. The summed E-state index contributed by atoms with van der Waals surface area (Å²) in [6, 6.07) is 19.3. The van der Waals surface area contributed by atoms with Crippen LogP contribution in [0.3, 0.4) is 0 Å². The van der Waals surface area contributed by atoms with Crippen LogP contribution in [0.1, 0.15) is 19.4 Å². The predicted octanol–water partition coefficient (Wildman–Crippen LogP) is 4.89. The zero-order valence-electron chi connectivity index (χ0n) is 16.9. The van der Waals surface area contributed by atoms with Crippen molar-refractivity contribution in [1.29, 1.82) is 5.26 Å². The number of benzene rings is 2. The van der Waals surface area contributed by atoms with Gasteiger partial charge in [-0.1, -0.05) is 44.2 Å². The highest BCUT2D eigenvalue weighted by molar-refractivity contribution is 5.78. The third-order valence-corrected chi connectivity index (χ3v) is 5.34. The highest BCUT2D eigenvalue weighted by atomic mass is 16.5. The predicted molar refractivity (Wildman–Crippen MR) is 109 cm³/mol. The summed E-state index contributed by atoms with van der Waals surface area (Å²) in [5.74, 6) is 1.21. The first-order chi connectivity index (χ1) is 14.0. The first kappa shape index (κ1) is 20.5. The number of nitrogens with zero attached hydrogens (tertiary/aromatic N) is 1. The third kappa shape index (κ3) is 4.97. The molecule has 0 N–H and O–H groups in total. The molecule has 0 amide bonds. The highest BCUT2D eigenvalue weighted by Gasteiger charge is 2.61. The summed E-state index contributed by atoms with van der Waals surface area (Å²) in [6.07, 6.45) is 2.32. The second-order valence-corrected chi connectivity index (χ2v) is 7.65. The molecule has 1 saturated carbocycles. The van der Waals surface area contributed by atoms with Crippen LogP contribution in [0.2, 0.25) is 0 Å². The maximum atomic E-state index is 12.5. The number of allylic oxidation sites excluding steroid dienone is 2. The Morgan fingerprint density at radius 3 is 2.55 bits per heavy atom. The number of nitriles is 1. The van der Waals surface area contributed by atoms with Gasteiger partial charge in [0.15, 0.2) is 5.76 Å². The van der Waals surface area contributed by atoms with Gasteiger partial charge in [0.05, 0.1) is 19.6 Å². The number of carbonyl (C=O) groups excluding carboxylic acids is 1. The standard InChI is InChI=1S/C24H25NO4/c1-24(2)21(15-20(16-25)27-3)22(24)23(26)28-13-12-17-8-7-11-19(14-17)29-18-9-5-4-6-10-18/h4-11,14-15,21-22H,12-13H2,1-3H3/t21-,22-/m0/s1. The number of hydrogen-bond donors (Lipinski definition) is 0. The van der Waals surface area contributed by atoms with Gasteiger partial charge in [-0.05, 0) is 41.3 Å². The van der Waals surface area contributed by atoms with E-state index in [-0.39, 0.29) is 29.0 Å². The summed E-state index contributed by atoms with van der Waals surface area (Å²) >= 11 is 0. The van der Waals surface area contributed by atoms with Crippen molar-refractivity contribution in [3.8, 4) is 17.6 Å². The Morgan fingerprint density at radius 1 is 1.14 bits per heavy atom. The molecular formula is C24H25NO4. The number of para-hydroxylation sites is 1. The monoisotopic (exact) mass is 391 g/mol. The maximum Gasteiger partial charge on any atom is 0.310 e. The van der Waals surface area contributed by atoms with Gasteiger partial charge in [0, 0.05) is 12.3 Å². The average Bonchev–Trinajstić information content (AvgIpc) is 3.27. The van der Waals surface area contributed by atoms with E-state index in [1.807, 2.05) is 74.5 Å². The molecule has 0 spiro atoms. The van der Waals surface area contributed by atoms with E-state index in [1.165, 1.54) is 7.11 Å². The number of rotatable bonds is 8. The van der Waals surface area contributed by atoms with E-state index >= 15 is 0 Å². The first-order valence-corrected chi connectivity index (χ1v) is 9.60. The molecule has 2 aromatic rings. The lowest BCUT2D eigenvalue weighted by atomic mass is 10.1. The van der Waals surface area contributed by atoms with Crippen molar-refractivity contribution >= 4 is 5.97 Å². The molecule has 1 fully saturated rings. The Labute approximate surface area is 171 Å². The van der Waals surface area contributed by atoms with Crippen molar-refractivity contribution in [2.24, 2.45) is 17.3 Å². The fraction of sp³-hybridized carbons (Fsp3) is 0.333. The molecule has 150 valence electrons. The third-order valence-electron chi connectivity index (χ3n) is 5.34. The van der Waals surface area contributed by atoms with Gasteiger partial charge in [-0.2, -0.15) is 5.26 Å². The minimum Gasteiger partial charge on any atom is -0.487 e. The van der Waals surface area contributed by atoms with Gasteiger partial charge < -0.3 is 14.2 Å². The van der Waals surface area contributed by atoms with E-state index in [4.69, 9.17) is 19.5 Å². The van der Waals surface area contributed by atoms with Gasteiger partial charge in [-0.3, -0.25) is 4.79 Å². The minimum absolute atomic E-state index is 0.0489. The maximum absolute atomic E-state index is 12.5. The quantitative estimate of drug-likeness (QED) is 0.364. The highest BCUT2D eigenvalue weighted by Crippen LogP contribution is 2.59. The molecule has 0 heterocycles. The van der Waals surface area contributed by atoms with E-state index in [1.54, 1.807) is 6.08 Å². The van der Waals surface area contributed by atoms with Crippen molar-refractivity contribution in [3.05, 3.63) is 72.0 Å². The molecule has 0 radical (unpaired) electrons. The summed E-state index contributed by atoms with van der Waals surface area (Å²) in [6.45, 7) is 4.29. The lowest BCUT2D eigenvalue weighted by molar-refractivity contribution is -0.146. The van der Waals surface area contributed by atoms with Crippen molar-refractivity contribution in [3.63, 3.8) is 0 Å². The van der Waals surface area contributed by atoms with E-state index < -0.39 is 0 Å². The number of hydrogen-bond acceptors (Lipinski definition) is 5. The Kier molecular flexibility index (Phi) is 6.23. The largest absolute Gasteiger partial charge is 0.487 e. The first-order valence-electron chi connectivity index (χ1n) is 9.60.